The van der Waals surface area contributed by atoms with Gasteiger partial charge in [0.1, 0.15) is 0 Å². The van der Waals surface area contributed by atoms with Crippen LogP contribution in [0.1, 0.15) is 32.1 Å². The molecule has 0 radical (unpaired) electrons. The first-order valence-corrected chi connectivity index (χ1v) is 6.82. The minimum Gasteiger partial charge on any atom is -0.481 e. The molecule has 1 saturated heterocycles. The molecule has 0 spiro atoms. The van der Waals surface area contributed by atoms with Crippen LogP contribution in [0.4, 0.5) is 0 Å². The highest BCUT2D eigenvalue weighted by molar-refractivity contribution is 5.94. The number of hydrogen-bond donors (Lipinski definition) is 2. The lowest BCUT2D eigenvalue weighted by Crippen LogP contribution is -2.46. The summed E-state index contributed by atoms with van der Waals surface area (Å²) in [5.74, 6) is -2.22. The van der Waals surface area contributed by atoms with Crippen molar-refractivity contribution >= 4 is 17.7 Å². The molecule has 106 valence electrons. The molecule has 1 aliphatic heterocycles. The van der Waals surface area contributed by atoms with Crippen LogP contribution in [-0.4, -0.2) is 46.8 Å². The van der Waals surface area contributed by atoms with Crippen molar-refractivity contribution in [2.24, 2.45) is 17.6 Å². The maximum absolute atomic E-state index is 12.5. The zero-order chi connectivity index (χ0) is 14.0. The van der Waals surface area contributed by atoms with E-state index in [1.807, 2.05) is 0 Å². The van der Waals surface area contributed by atoms with Gasteiger partial charge in [-0.3, -0.25) is 14.4 Å². The number of nitrogens with two attached hydrogens (primary N) is 1. The first-order valence-electron chi connectivity index (χ1n) is 6.82. The Morgan fingerprint density at radius 1 is 1.11 bits per heavy atom. The van der Waals surface area contributed by atoms with Crippen molar-refractivity contribution in [3.63, 3.8) is 0 Å². The van der Waals surface area contributed by atoms with Gasteiger partial charge in [-0.1, -0.05) is 6.42 Å². The normalized spacial score (nSPS) is 30.6. The third kappa shape index (κ3) is 2.63. The van der Waals surface area contributed by atoms with Crippen LogP contribution in [0.25, 0.3) is 0 Å². The number of carboxylic acids is 1. The van der Waals surface area contributed by atoms with Gasteiger partial charge in [0.2, 0.25) is 5.91 Å². The van der Waals surface area contributed by atoms with Crippen molar-refractivity contribution in [1.29, 1.82) is 0 Å². The number of nitrogens with zero attached hydrogens (tertiary/aromatic N) is 1. The number of hydrogen-bond acceptors (Lipinski definition) is 4. The predicted octanol–water partition coefficient (Wildman–Crippen LogP) is 0.00610. The maximum Gasteiger partial charge on any atom is 0.307 e. The first kappa shape index (κ1) is 14.0. The Morgan fingerprint density at radius 2 is 1.79 bits per heavy atom. The molecule has 19 heavy (non-hydrogen) atoms. The molecule has 1 heterocycles. The largest absolute Gasteiger partial charge is 0.481 e. The van der Waals surface area contributed by atoms with E-state index in [2.05, 4.69) is 0 Å². The summed E-state index contributed by atoms with van der Waals surface area (Å²) in [6, 6.07) is -0.457. The minimum absolute atomic E-state index is 0.0794. The Labute approximate surface area is 111 Å². The molecule has 3 atom stereocenters. The lowest BCUT2D eigenvalue weighted by molar-refractivity contribution is -0.147. The van der Waals surface area contributed by atoms with E-state index in [9.17, 15) is 14.4 Å². The predicted molar refractivity (Wildman–Crippen MR) is 67.3 cm³/mol. The standard InChI is InChI=1S/C13H20N2O4/c14-7-11(16)15-6-2-5-10(15)12(17)8-3-1-4-9(8)13(18)19/h8-10H,1-7,14H2,(H,18,19)/t8?,9-,10+/m1/s1. The van der Waals surface area contributed by atoms with Crippen LogP contribution in [0.15, 0.2) is 0 Å². The number of ketones is 1. The zero-order valence-corrected chi connectivity index (χ0v) is 10.9. The van der Waals surface area contributed by atoms with Crippen molar-refractivity contribution in [1.82, 2.24) is 4.90 Å². The SMILES string of the molecule is NCC(=O)N1CCC[C@H]1C(=O)C1CCC[C@H]1C(=O)O. The number of likely N-dealkylation sites (tertiary alicyclic amines) is 1. The Bertz CT molecular complexity index is 396. The molecule has 3 N–H and O–H groups in total. The Balaban J connectivity index is 2.10. The quantitative estimate of drug-likeness (QED) is 0.747. The molecule has 2 rings (SSSR count). The molecular formula is C13H20N2O4. The van der Waals surface area contributed by atoms with Crippen molar-refractivity contribution < 1.29 is 19.5 Å². The van der Waals surface area contributed by atoms with Crippen LogP contribution in [0, 0.1) is 11.8 Å². The summed E-state index contributed by atoms with van der Waals surface area (Å²) in [6.45, 7) is 0.452. The molecule has 0 bridgehead atoms. The molecule has 1 unspecified atom stereocenters. The Kier molecular flexibility index (Phi) is 4.19. The molecule has 6 heteroatoms. The Hall–Kier alpha value is -1.43. The van der Waals surface area contributed by atoms with E-state index in [0.717, 1.165) is 12.8 Å². The third-order valence-electron chi connectivity index (χ3n) is 4.27. The smallest absolute Gasteiger partial charge is 0.307 e. The molecule has 1 amide bonds. The van der Waals surface area contributed by atoms with Gasteiger partial charge in [0.25, 0.3) is 0 Å². The highest BCUT2D eigenvalue weighted by atomic mass is 16.4. The summed E-state index contributed by atoms with van der Waals surface area (Å²) >= 11 is 0. The van der Waals surface area contributed by atoms with E-state index in [0.29, 0.717) is 25.8 Å². The monoisotopic (exact) mass is 268 g/mol. The molecule has 0 aromatic carbocycles. The Morgan fingerprint density at radius 3 is 2.42 bits per heavy atom. The van der Waals surface area contributed by atoms with Crippen LogP contribution in [0.5, 0.6) is 0 Å². The van der Waals surface area contributed by atoms with Crippen molar-refractivity contribution in [3.8, 4) is 0 Å². The fourth-order valence-corrected chi connectivity index (χ4v) is 3.32. The van der Waals surface area contributed by atoms with E-state index >= 15 is 0 Å². The van der Waals surface area contributed by atoms with Crippen LogP contribution < -0.4 is 5.73 Å². The summed E-state index contributed by atoms with van der Waals surface area (Å²) in [5, 5.41) is 9.14. The van der Waals surface area contributed by atoms with Gasteiger partial charge >= 0.3 is 5.97 Å². The summed E-state index contributed by atoms with van der Waals surface area (Å²) in [6.07, 6.45) is 3.37. The maximum atomic E-state index is 12.5. The van der Waals surface area contributed by atoms with Crippen LogP contribution in [0.3, 0.4) is 0 Å². The van der Waals surface area contributed by atoms with Gasteiger partial charge in [0, 0.05) is 12.5 Å². The topological polar surface area (TPSA) is 101 Å². The van der Waals surface area contributed by atoms with E-state index < -0.39 is 23.8 Å². The van der Waals surface area contributed by atoms with Gasteiger partial charge in [0.05, 0.1) is 18.5 Å². The third-order valence-corrected chi connectivity index (χ3v) is 4.27. The first-order chi connectivity index (χ1) is 9.06. The van der Waals surface area contributed by atoms with Gasteiger partial charge < -0.3 is 15.7 Å². The molecule has 0 aromatic heterocycles. The van der Waals surface area contributed by atoms with Gasteiger partial charge in [-0.25, -0.2) is 0 Å². The molecule has 2 fully saturated rings. The lowest BCUT2D eigenvalue weighted by atomic mass is 9.87. The van der Waals surface area contributed by atoms with Crippen LogP contribution in [-0.2, 0) is 14.4 Å². The van der Waals surface area contributed by atoms with Gasteiger partial charge in [0.15, 0.2) is 5.78 Å². The van der Waals surface area contributed by atoms with Crippen LogP contribution >= 0.6 is 0 Å². The summed E-state index contributed by atoms with van der Waals surface area (Å²) < 4.78 is 0. The van der Waals surface area contributed by atoms with Gasteiger partial charge in [-0.05, 0) is 25.7 Å². The average molecular weight is 268 g/mol. The summed E-state index contributed by atoms with van der Waals surface area (Å²) in [5.41, 5.74) is 5.35. The highest BCUT2D eigenvalue weighted by Gasteiger charge is 2.43. The van der Waals surface area contributed by atoms with Crippen molar-refractivity contribution in [3.05, 3.63) is 0 Å². The number of carboxylic acid groups (broad SMARTS) is 1. The number of amides is 1. The van der Waals surface area contributed by atoms with Gasteiger partial charge in [-0.2, -0.15) is 0 Å². The zero-order valence-electron chi connectivity index (χ0n) is 10.9. The molecular weight excluding hydrogens is 248 g/mol. The number of Topliss-reactive ketones (excluding diaryl/α,β-unsaturated/α-hetero) is 1. The van der Waals surface area contributed by atoms with Crippen molar-refractivity contribution in [2.75, 3.05) is 13.1 Å². The van der Waals surface area contributed by atoms with Gasteiger partial charge in [-0.15, -0.1) is 0 Å². The lowest BCUT2D eigenvalue weighted by Gasteiger charge is -2.26. The summed E-state index contributed by atoms with van der Waals surface area (Å²) in [7, 11) is 0. The molecule has 1 aliphatic carbocycles. The van der Waals surface area contributed by atoms with E-state index in [4.69, 9.17) is 10.8 Å². The summed E-state index contributed by atoms with van der Waals surface area (Å²) in [4.78, 5) is 36.9. The molecule has 0 aromatic rings. The number of carbonyl (C=O) groups excluding carboxylic acids is 2. The number of aliphatic carboxylic acids is 1. The second-order valence-electron chi connectivity index (χ2n) is 5.33. The second kappa shape index (κ2) is 5.69. The fraction of sp³-hybridized carbons (Fsp3) is 0.769. The number of rotatable bonds is 4. The van der Waals surface area contributed by atoms with E-state index in [1.165, 1.54) is 4.90 Å². The molecule has 1 saturated carbocycles. The highest BCUT2D eigenvalue weighted by Crippen LogP contribution is 2.35. The second-order valence-corrected chi connectivity index (χ2v) is 5.33. The fourth-order valence-electron chi connectivity index (χ4n) is 3.32. The number of carbonyl (C=O) groups is 3. The van der Waals surface area contributed by atoms with E-state index in [1.54, 1.807) is 0 Å². The van der Waals surface area contributed by atoms with E-state index in [-0.39, 0.29) is 18.2 Å². The average Bonchev–Trinajstić information content (AvgIpc) is 3.05. The van der Waals surface area contributed by atoms with Crippen molar-refractivity contribution in [2.45, 2.75) is 38.1 Å². The molecule has 6 nitrogen and oxygen atoms in total. The van der Waals surface area contributed by atoms with Crippen LogP contribution in [0.2, 0.25) is 0 Å². The molecule has 2 aliphatic rings. The minimum atomic E-state index is -0.898.